The van der Waals surface area contributed by atoms with Crippen LogP contribution in [0.1, 0.15) is 48.0 Å². The number of aromatic nitrogens is 2. The van der Waals surface area contributed by atoms with Crippen molar-refractivity contribution >= 4 is 35.2 Å². The lowest BCUT2D eigenvalue weighted by atomic mass is 9.94. The number of hydrogen-bond acceptors (Lipinski definition) is 10. The SMILES string of the molecule is COC(=O)c1c(NCc2ccc(OC)c(Cl)c2)nc(N2CCC(CO)CC2)nc1N1CCC(CCO)CC1. The molecular formula is C27H38ClN5O5. The second-order valence-electron chi connectivity index (χ2n) is 9.94. The van der Waals surface area contributed by atoms with Gasteiger partial charge in [0.15, 0.2) is 5.82 Å². The maximum Gasteiger partial charge on any atom is 0.345 e. The zero-order chi connectivity index (χ0) is 27.1. The Kier molecular flexibility index (Phi) is 9.87. The predicted octanol–water partition coefficient (Wildman–Crippen LogP) is 3.34. The van der Waals surface area contributed by atoms with Crippen LogP contribution in [0.3, 0.4) is 0 Å². The van der Waals surface area contributed by atoms with Gasteiger partial charge in [-0.25, -0.2) is 4.79 Å². The molecule has 208 valence electrons. The van der Waals surface area contributed by atoms with Crippen LogP contribution in [0, 0.1) is 11.8 Å². The number of anilines is 3. The molecule has 2 aliphatic heterocycles. The van der Waals surface area contributed by atoms with Gasteiger partial charge in [-0.3, -0.25) is 0 Å². The summed E-state index contributed by atoms with van der Waals surface area (Å²) in [5.41, 5.74) is 1.21. The Morgan fingerprint density at radius 3 is 2.34 bits per heavy atom. The molecule has 11 heteroatoms. The lowest BCUT2D eigenvalue weighted by Crippen LogP contribution is -2.38. The molecule has 2 aliphatic rings. The lowest BCUT2D eigenvalue weighted by Gasteiger charge is -2.35. The van der Waals surface area contributed by atoms with Gasteiger partial charge in [0.1, 0.15) is 17.1 Å². The van der Waals surface area contributed by atoms with Gasteiger partial charge in [0.2, 0.25) is 5.95 Å². The molecule has 0 spiro atoms. The standard InChI is InChI=1S/C27H38ClN5O5/c1-37-22-4-3-20(15-21(22)28)16-29-24-23(26(36)38-2)25(32-10-5-18(6-11-32)9-14-34)31-27(30-24)33-12-7-19(17-35)8-13-33/h3-4,15,18-19,34-35H,5-14,16-17H2,1-2H3,(H,29,30,31). The van der Waals surface area contributed by atoms with Crippen LogP contribution >= 0.6 is 11.6 Å². The topological polar surface area (TPSA) is 120 Å². The van der Waals surface area contributed by atoms with Crippen LogP contribution in [0.15, 0.2) is 18.2 Å². The van der Waals surface area contributed by atoms with E-state index < -0.39 is 5.97 Å². The van der Waals surface area contributed by atoms with Crippen LogP contribution in [0.4, 0.5) is 17.6 Å². The number of nitrogens with zero attached hydrogens (tertiary/aromatic N) is 4. The van der Waals surface area contributed by atoms with Crippen molar-refractivity contribution in [2.75, 3.05) is 68.7 Å². The number of benzene rings is 1. The monoisotopic (exact) mass is 547 g/mol. The predicted molar refractivity (Wildman–Crippen MR) is 147 cm³/mol. The molecule has 1 aromatic carbocycles. The van der Waals surface area contributed by atoms with Crippen LogP contribution in [0.25, 0.3) is 0 Å². The molecule has 1 aromatic heterocycles. The van der Waals surface area contributed by atoms with Crippen LogP contribution in [0.2, 0.25) is 5.02 Å². The van der Waals surface area contributed by atoms with Crippen LogP contribution in [-0.2, 0) is 11.3 Å². The number of aliphatic hydroxyl groups is 2. The molecule has 38 heavy (non-hydrogen) atoms. The van der Waals surface area contributed by atoms with Gasteiger partial charge in [-0.1, -0.05) is 17.7 Å². The molecule has 3 heterocycles. The Morgan fingerprint density at radius 2 is 1.74 bits per heavy atom. The molecule has 10 nitrogen and oxygen atoms in total. The summed E-state index contributed by atoms with van der Waals surface area (Å²) in [6, 6.07) is 5.53. The Labute approximate surface area is 228 Å². The number of methoxy groups -OCH3 is 2. The Hall–Kier alpha value is -2.82. The number of hydrogen-bond donors (Lipinski definition) is 3. The van der Waals surface area contributed by atoms with Gasteiger partial charge in [-0.2, -0.15) is 9.97 Å². The molecule has 0 amide bonds. The van der Waals surface area contributed by atoms with Gasteiger partial charge < -0.3 is 34.8 Å². The first-order valence-corrected chi connectivity index (χ1v) is 13.6. The highest BCUT2D eigenvalue weighted by Crippen LogP contribution is 2.33. The van der Waals surface area contributed by atoms with E-state index in [1.807, 2.05) is 12.1 Å². The second kappa shape index (κ2) is 13.3. The first-order chi connectivity index (χ1) is 18.5. The normalized spacial score (nSPS) is 17.0. The van der Waals surface area contributed by atoms with Gasteiger partial charge in [-0.05, 0) is 61.6 Å². The number of ether oxygens (including phenoxy) is 2. The Balaban J connectivity index is 1.68. The number of carbonyl (C=O) groups excluding carboxylic acids is 1. The van der Waals surface area contributed by atoms with Gasteiger partial charge in [-0.15, -0.1) is 0 Å². The molecule has 2 aromatic rings. The van der Waals surface area contributed by atoms with E-state index in [9.17, 15) is 15.0 Å². The highest BCUT2D eigenvalue weighted by molar-refractivity contribution is 6.32. The first kappa shape index (κ1) is 28.2. The summed E-state index contributed by atoms with van der Waals surface area (Å²) in [6.45, 7) is 3.66. The van der Waals surface area contributed by atoms with E-state index in [-0.39, 0.29) is 19.1 Å². The zero-order valence-corrected chi connectivity index (χ0v) is 22.9. The molecule has 0 saturated carbocycles. The Bertz CT molecular complexity index is 1090. The summed E-state index contributed by atoms with van der Waals surface area (Å²) in [6.07, 6.45) is 4.32. The molecule has 0 aliphatic carbocycles. The van der Waals surface area contributed by atoms with Crippen molar-refractivity contribution in [1.82, 2.24) is 9.97 Å². The lowest BCUT2D eigenvalue weighted by molar-refractivity contribution is 0.0601. The largest absolute Gasteiger partial charge is 0.495 e. The van der Waals surface area contributed by atoms with Gasteiger partial charge in [0, 0.05) is 45.9 Å². The Morgan fingerprint density at radius 1 is 1.05 bits per heavy atom. The minimum atomic E-state index is -0.502. The smallest absolute Gasteiger partial charge is 0.345 e. The number of halogens is 1. The molecular weight excluding hydrogens is 510 g/mol. The van der Waals surface area contributed by atoms with E-state index in [0.717, 1.165) is 63.8 Å². The molecule has 2 saturated heterocycles. The average molecular weight is 548 g/mol. The molecule has 2 fully saturated rings. The third-order valence-corrected chi connectivity index (χ3v) is 7.85. The van der Waals surface area contributed by atoms with Crippen molar-refractivity contribution in [3.05, 3.63) is 34.3 Å². The van der Waals surface area contributed by atoms with Crippen molar-refractivity contribution in [2.45, 2.75) is 38.6 Å². The number of rotatable bonds is 10. The number of carbonyl (C=O) groups is 1. The van der Waals surface area contributed by atoms with E-state index in [4.69, 9.17) is 31.0 Å². The zero-order valence-electron chi connectivity index (χ0n) is 22.2. The van der Waals surface area contributed by atoms with Crippen molar-refractivity contribution in [3.63, 3.8) is 0 Å². The number of nitrogens with one attached hydrogen (secondary N) is 1. The maximum absolute atomic E-state index is 13.1. The van der Waals surface area contributed by atoms with E-state index in [0.29, 0.717) is 46.4 Å². The van der Waals surface area contributed by atoms with Crippen LogP contribution in [0.5, 0.6) is 5.75 Å². The molecule has 0 unspecified atom stereocenters. The van der Waals surface area contributed by atoms with Crippen molar-refractivity contribution in [2.24, 2.45) is 11.8 Å². The maximum atomic E-state index is 13.1. The fourth-order valence-corrected chi connectivity index (χ4v) is 5.44. The van der Waals surface area contributed by atoms with E-state index in [1.165, 1.54) is 7.11 Å². The van der Waals surface area contributed by atoms with E-state index >= 15 is 0 Å². The third-order valence-electron chi connectivity index (χ3n) is 7.55. The summed E-state index contributed by atoms with van der Waals surface area (Å²) < 4.78 is 10.4. The molecule has 4 rings (SSSR count). The quantitative estimate of drug-likeness (QED) is 0.382. The average Bonchev–Trinajstić information content (AvgIpc) is 2.96. The summed E-state index contributed by atoms with van der Waals surface area (Å²) in [4.78, 5) is 27.1. The molecule has 0 bridgehead atoms. The van der Waals surface area contributed by atoms with Crippen LogP contribution < -0.4 is 19.9 Å². The second-order valence-corrected chi connectivity index (χ2v) is 10.3. The molecule has 3 N–H and O–H groups in total. The minimum absolute atomic E-state index is 0.182. The minimum Gasteiger partial charge on any atom is -0.495 e. The van der Waals surface area contributed by atoms with Crippen molar-refractivity contribution < 1.29 is 24.5 Å². The van der Waals surface area contributed by atoms with E-state index in [2.05, 4.69) is 15.1 Å². The molecule has 0 atom stereocenters. The summed E-state index contributed by atoms with van der Waals surface area (Å²) in [5, 5.41) is 22.8. The van der Waals surface area contributed by atoms with Crippen molar-refractivity contribution in [3.8, 4) is 5.75 Å². The first-order valence-electron chi connectivity index (χ1n) is 13.3. The number of esters is 1. The van der Waals surface area contributed by atoms with Gasteiger partial charge in [0.25, 0.3) is 0 Å². The fourth-order valence-electron chi connectivity index (χ4n) is 5.16. The summed E-state index contributed by atoms with van der Waals surface area (Å²) in [7, 11) is 2.93. The molecule has 0 radical (unpaired) electrons. The van der Waals surface area contributed by atoms with Crippen LogP contribution in [-0.4, -0.2) is 79.8 Å². The van der Waals surface area contributed by atoms with Gasteiger partial charge in [0.05, 0.1) is 19.2 Å². The number of piperidine rings is 2. The summed E-state index contributed by atoms with van der Waals surface area (Å²) in [5.74, 6) is 2.34. The number of aliphatic hydroxyl groups excluding tert-OH is 2. The third kappa shape index (κ3) is 6.59. The van der Waals surface area contributed by atoms with Crippen molar-refractivity contribution in [1.29, 1.82) is 0 Å². The van der Waals surface area contributed by atoms with Gasteiger partial charge >= 0.3 is 5.97 Å². The summed E-state index contributed by atoms with van der Waals surface area (Å²) >= 11 is 6.33. The highest BCUT2D eigenvalue weighted by Gasteiger charge is 2.30. The highest BCUT2D eigenvalue weighted by atomic mass is 35.5. The van der Waals surface area contributed by atoms with E-state index in [1.54, 1.807) is 13.2 Å². The fraction of sp³-hybridized carbons (Fsp3) is 0.593.